The standard InChI is InChI=1S/C17H21N3/c1-2-4-13-9-15(13)20-11-18-10-16(20)14-6-3-5-12-7-8-19-17(12)14/h3,5-6,10-11,13,15,19H,2,4,7-9H2,1H3. The molecular weight excluding hydrogens is 246 g/mol. The number of hydrogen-bond acceptors (Lipinski definition) is 2. The van der Waals surface area contributed by atoms with Gasteiger partial charge in [-0.2, -0.15) is 0 Å². The molecule has 1 aromatic carbocycles. The molecule has 3 nitrogen and oxygen atoms in total. The molecule has 104 valence electrons. The van der Waals surface area contributed by atoms with Gasteiger partial charge in [0.15, 0.2) is 0 Å². The zero-order valence-corrected chi connectivity index (χ0v) is 12.0. The summed E-state index contributed by atoms with van der Waals surface area (Å²) in [5.41, 5.74) is 5.36. The average Bonchev–Trinajstić information content (AvgIpc) is 2.93. The van der Waals surface area contributed by atoms with Crippen LogP contribution in [0, 0.1) is 5.92 Å². The number of imidazole rings is 1. The van der Waals surface area contributed by atoms with E-state index in [9.17, 15) is 0 Å². The first-order valence-corrected chi connectivity index (χ1v) is 7.76. The molecule has 4 rings (SSSR count). The molecule has 2 aliphatic rings. The van der Waals surface area contributed by atoms with Crippen molar-refractivity contribution in [3.8, 4) is 11.3 Å². The van der Waals surface area contributed by atoms with Crippen molar-refractivity contribution in [2.75, 3.05) is 11.9 Å². The number of hydrogen-bond donors (Lipinski definition) is 1. The van der Waals surface area contributed by atoms with E-state index in [0.717, 1.165) is 18.9 Å². The van der Waals surface area contributed by atoms with Crippen molar-refractivity contribution in [3.63, 3.8) is 0 Å². The minimum Gasteiger partial charge on any atom is -0.384 e. The van der Waals surface area contributed by atoms with E-state index in [2.05, 4.69) is 40.0 Å². The van der Waals surface area contributed by atoms with Crippen molar-refractivity contribution < 1.29 is 0 Å². The third-order valence-corrected chi connectivity index (χ3v) is 4.69. The molecule has 0 spiro atoms. The van der Waals surface area contributed by atoms with Gasteiger partial charge in [0.25, 0.3) is 0 Å². The maximum Gasteiger partial charge on any atom is 0.0953 e. The van der Waals surface area contributed by atoms with E-state index in [1.165, 1.54) is 41.8 Å². The Kier molecular flexibility index (Phi) is 2.79. The van der Waals surface area contributed by atoms with E-state index in [1.54, 1.807) is 0 Å². The fourth-order valence-corrected chi connectivity index (χ4v) is 3.58. The first-order valence-electron chi connectivity index (χ1n) is 7.76. The van der Waals surface area contributed by atoms with Crippen molar-refractivity contribution in [2.24, 2.45) is 5.92 Å². The van der Waals surface area contributed by atoms with Crippen molar-refractivity contribution in [1.82, 2.24) is 9.55 Å². The lowest BCUT2D eigenvalue weighted by atomic mass is 10.1. The van der Waals surface area contributed by atoms with Gasteiger partial charge < -0.3 is 9.88 Å². The average molecular weight is 267 g/mol. The highest BCUT2D eigenvalue weighted by Crippen LogP contribution is 2.48. The molecule has 1 aliphatic carbocycles. The summed E-state index contributed by atoms with van der Waals surface area (Å²) in [6, 6.07) is 7.30. The molecule has 1 N–H and O–H groups in total. The predicted octanol–water partition coefficient (Wildman–Crippen LogP) is 3.88. The van der Waals surface area contributed by atoms with Crippen molar-refractivity contribution in [3.05, 3.63) is 36.3 Å². The number of rotatable bonds is 4. The van der Waals surface area contributed by atoms with Crippen LogP contribution in [0.4, 0.5) is 5.69 Å². The van der Waals surface area contributed by atoms with E-state index in [0.29, 0.717) is 6.04 Å². The quantitative estimate of drug-likeness (QED) is 0.911. The van der Waals surface area contributed by atoms with E-state index >= 15 is 0 Å². The van der Waals surface area contributed by atoms with Gasteiger partial charge in [-0.1, -0.05) is 31.5 Å². The molecule has 0 amide bonds. The van der Waals surface area contributed by atoms with Crippen LogP contribution in [0.3, 0.4) is 0 Å². The number of aromatic nitrogens is 2. The van der Waals surface area contributed by atoms with Crippen LogP contribution in [0.15, 0.2) is 30.7 Å². The number of para-hydroxylation sites is 1. The lowest BCUT2D eigenvalue weighted by molar-refractivity contribution is 0.611. The molecule has 2 heterocycles. The maximum absolute atomic E-state index is 4.41. The van der Waals surface area contributed by atoms with Crippen LogP contribution in [0.25, 0.3) is 11.3 Å². The first-order chi connectivity index (χ1) is 9.88. The zero-order chi connectivity index (χ0) is 13.5. The monoisotopic (exact) mass is 267 g/mol. The lowest BCUT2D eigenvalue weighted by Gasteiger charge is -2.12. The van der Waals surface area contributed by atoms with Crippen LogP contribution in [-0.2, 0) is 6.42 Å². The van der Waals surface area contributed by atoms with E-state index in [4.69, 9.17) is 0 Å². The number of benzene rings is 1. The van der Waals surface area contributed by atoms with Gasteiger partial charge in [0.2, 0.25) is 0 Å². The summed E-state index contributed by atoms with van der Waals surface area (Å²) in [4.78, 5) is 4.41. The number of anilines is 1. The van der Waals surface area contributed by atoms with Gasteiger partial charge in [-0.3, -0.25) is 0 Å². The second-order valence-corrected chi connectivity index (χ2v) is 6.05. The first kappa shape index (κ1) is 12.0. The SMILES string of the molecule is CCCC1CC1n1cncc1-c1cccc2c1NCC2. The summed E-state index contributed by atoms with van der Waals surface area (Å²) in [6.07, 6.45) is 9.13. The highest BCUT2D eigenvalue weighted by atomic mass is 15.1. The van der Waals surface area contributed by atoms with Gasteiger partial charge in [0, 0.05) is 23.8 Å². The van der Waals surface area contributed by atoms with Gasteiger partial charge in [0.1, 0.15) is 0 Å². The zero-order valence-electron chi connectivity index (χ0n) is 12.0. The number of fused-ring (bicyclic) bond motifs is 1. The summed E-state index contributed by atoms with van der Waals surface area (Å²) in [5, 5.41) is 3.54. The summed E-state index contributed by atoms with van der Waals surface area (Å²) < 4.78 is 2.40. The van der Waals surface area contributed by atoms with Gasteiger partial charge in [0.05, 0.1) is 18.2 Å². The smallest absolute Gasteiger partial charge is 0.0953 e. The Labute approximate surface area is 120 Å². The van der Waals surface area contributed by atoms with Gasteiger partial charge in [-0.25, -0.2) is 4.98 Å². The lowest BCUT2D eigenvalue weighted by Crippen LogP contribution is -2.00. The topological polar surface area (TPSA) is 29.9 Å². The second-order valence-electron chi connectivity index (χ2n) is 6.05. The number of nitrogens with one attached hydrogen (secondary N) is 1. The molecule has 2 aromatic rings. The highest BCUT2D eigenvalue weighted by Gasteiger charge is 2.38. The van der Waals surface area contributed by atoms with Crippen molar-refractivity contribution >= 4 is 5.69 Å². The largest absolute Gasteiger partial charge is 0.384 e. The molecule has 1 aliphatic heterocycles. The molecule has 1 aromatic heterocycles. The Balaban J connectivity index is 1.71. The molecule has 2 atom stereocenters. The Morgan fingerprint density at radius 3 is 3.25 bits per heavy atom. The Morgan fingerprint density at radius 2 is 2.35 bits per heavy atom. The van der Waals surface area contributed by atoms with Crippen molar-refractivity contribution in [1.29, 1.82) is 0 Å². The van der Waals surface area contributed by atoms with Gasteiger partial charge in [-0.05, 0) is 30.7 Å². The van der Waals surface area contributed by atoms with E-state index in [-0.39, 0.29) is 0 Å². The molecule has 1 fully saturated rings. The van der Waals surface area contributed by atoms with Crippen LogP contribution in [0.1, 0.15) is 37.8 Å². The maximum atomic E-state index is 4.41. The molecular formula is C17H21N3. The molecule has 0 bridgehead atoms. The summed E-state index contributed by atoms with van der Waals surface area (Å²) in [6.45, 7) is 3.33. The normalized spacial score (nSPS) is 23.4. The third-order valence-electron chi connectivity index (χ3n) is 4.69. The summed E-state index contributed by atoms with van der Waals surface area (Å²) >= 11 is 0. The minimum absolute atomic E-state index is 0.671. The van der Waals surface area contributed by atoms with E-state index < -0.39 is 0 Å². The molecule has 0 radical (unpaired) electrons. The second kappa shape index (κ2) is 4.65. The fraction of sp³-hybridized carbons (Fsp3) is 0.471. The van der Waals surface area contributed by atoms with Crippen LogP contribution in [0.2, 0.25) is 0 Å². The summed E-state index contributed by atoms with van der Waals surface area (Å²) in [7, 11) is 0. The Bertz CT molecular complexity index is 629. The van der Waals surface area contributed by atoms with Gasteiger partial charge >= 0.3 is 0 Å². The van der Waals surface area contributed by atoms with Crippen LogP contribution >= 0.6 is 0 Å². The van der Waals surface area contributed by atoms with Crippen molar-refractivity contribution in [2.45, 2.75) is 38.6 Å². The number of nitrogens with zero attached hydrogens (tertiary/aromatic N) is 2. The minimum atomic E-state index is 0.671. The van der Waals surface area contributed by atoms with Gasteiger partial charge in [-0.15, -0.1) is 0 Å². The third kappa shape index (κ3) is 1.84. The predicted molar refractivity (Wildman–Crippen MR) is 81.9 cm³/mol. The Morgan fingerprint density at radius 1 is 1.40 bits per heavy atom. The van der Waals surface area contributed by atoms with Crippen LogP contribution < -0.4 is 5.32 Å². The fourth-order valence-electron chi connectivity index (χ4n) is 3.58. The summed E-state index contributed by atoms with van der Waals surface area (Å²) in [5.74, 6) is 0.859. The highest BCUT2D eigenvalue weighted by molar-refractivity contribution is 5.80. The molecule has 3 heteroatoms. The molecule has 1 saturated carbocycles. The molecule has 2 unspecified atom stereocenters. The van der Waals surface area contributed by atoms with Crippen LogP contribution in [-0.4, -0.2) is 16.1 Å². The Hall–Kier alpha value is -1.77. The van der Waals surface area contributed by atoms with E-state index in [1.807, 2.05) is 12.5 Å². The molecule has 0 saturated heterocycles. The van der Waals surface area contributed by atoms with Crippen LogP contribution in [0.5, 0.6) is 0 Å². The molecule has 20 heavy (non-hydrogen) atoms.